The van der Waals surface area contributed by atoms with Crippen molar-refractivity contribution in [1.82, 2.24) is 10.3 Å². The lowest BCUT2D eigenvalue weighted by atomic mass is 10.1. The Kier molecular flexibility index (Phi) is 5.29. The minimum absolute atomic E-state index is 0.132. The number of carbonyl (C=O) groups excluding carboxylic acids is 1. The smallest absolute Gasteiger partial charge is 0.260 e. The van der Waals surface area contributed by atoms with Gasteiger partial charge in [-0.25, -0.2) is 0 Å². The summed E-state index contributed by atoms with van der Waals surface area (Å²) < 4.78 is 5.69. The molecule has 25 heavy (non-hydrogen) atoms. The van der Waals surface area contributed by atoms with Crippen LogP contribution in [-0.2, 0) is 11.2 Å². The van der Waals surface area contributed by atoms with E-state index in [0.717, 1.165) is 17.5 Å². The fraction of sp³-hybridized carbons (Fsp3) is 0.250. The van der Waals surface area contributed by atoms with E-state index in [4.69, 9.17) is 16.3 Å². The molecule has 0 bridgehead atoms. The maximum Gasteiger partial charge on any atom is 0.260 e. The zero-order valence-electron chi connectivity index (χ0n) is 14.3. The highest BCUT2D eigenvalue weighted by molar-refractivity contribution is 6.31. The fourth-order valence-corrected chi connectivity index (χ4v) is 2.87. The standard InChI is InChI=1S/C20H21ClN2O2/c1-13-11-16(7-8-18(13)21)25-14(2)20(24)22-10-9-15-12-23-19-6-4-3-5-17(15)19/h3-8,11-12,14,23H,9-10H2,1-2H3,(H,22,24). The Morgan fingerprint density at radius 1 is 1.28 bits per heavy atom. The average molecular weight is 357 g/mol. The second-order valence-electron chi connectivity index (χ2n) is 6.07. The predicted molar refractivity (Wildman–Crippen MR) is 101 cm³/mol. The lowest BCUT2D eigenvalue weighted by Crippen LogP contribution is -2.37. The fourth-order valence-electron chi connectivity index (χ4n) is 2.75. The highest BCUT2D eigenvalue weighted by Gasteiger charge is 2.14. The number of para-hydroxylation sites is 1. The van der Waals surface area contributed by atoms with Crippen LogP contribution in [0, 0.1) is 6.92 Å². The molecule has 2 N–H and O–H groups in total. The largest absolute Gasteiger partial charge is 0.481 e. The van der Waals surface area contributed by atoms with Crippen molar-refractivity contribution in [1.29, 1.82) is 0 Å². The summed E-state index contributed by atoms with van der Waals surface area (Å²) in [5, 5.41) is 4.80. The van der Waals surface area contributed by atoms with Gasteiger partial charge in [-0.3, -0.25) is 4.79 Å². The molecular weight excluding hydrogens is 336 g/mol. The summed E-state index contributed by atoms with van der Waals surface area (Å²) in [6.45, 7) is 4.21. The molecule has 0 aliphatic heterocycles. The lowest BCUT2D eigenvalue weighted by molar-refractivity contribution is -0.127. The van der Waals surface area contributed by atoms with E-state index >= 15 is 0 Å². The van der Waals surface area contributed by atoms with Crippen LogP contribution in [0.25, 0.3) is 10.9 Å². The molecule has 0 saturated heterocycles. The molecule has 1 amide bonds. The summed E-state index contributed by atoms with van der Waals surface area (Å²) in [6.07, 6.45) is 2.19. The van der Waals surface area contributed by atoms with Gasteiger partial charge in [-0.1, -0.05) is 29.8 Å². The monoisotopic (exact) mass is 356 g/mol. The Morgan fingerprint density at radius 3 is 2.88 bits per heavy atom. The third kappa shape index (κ3) is 4.15. The van der Waals surface area contributed by atoms with Crippen LogP contribution < -0.4 is 10.1 Å². The van der Waals surface area contributed by atoms with Gasteiger partial charge >= 0.3 is 0 Å². The molecule has 0 radical (unpaired) electrons. The number of ether oxygens (including phenoxy) is 1. The summed E-state index contributed by atoms with van der Waals surface area (Å²) >= 11 is 6.00. The van der Waals surface area contributed by atoms with Gasteiger partial charge in [0.15, 0.2) is 6.10 Å². The van der Waals surface area contributed by atoms with Crippen LogP contribution in [0.2, 0.25) is 5.02 Å². The summed E-state index contributed by atoms with van der Waals surface area (Å²) in [6, 6.07) is 13.5. The topological polar surface area (TPSA) is 54.1 Å². The molecule has 0 spiro atoms. The number of carbonyl (C=O) groups is 1. The molecule has 3 rings (SSSR count). The van der Waals surface area contributed by atoms with E-state index in [1.165, 1.54) is 10.9 Å². The van der Waals surface area contributed by atoms with Crippen molar-refractivity contribution in [2.45, 2.75) is 26.4 Å². The Morgan fingerprint density at radius 2 is 2.08 bits per heavy atom. The van der Waals surface area contributed by atoms with E-state index in [9.17, 15) is 4.79 Å². The van der Waals surface area contributed by atoms with Gasteiger partial charge in [-0.05, 0) is 55.7 Å². The van der Waals surface area contributed by atoms with Gasteiger partial charge in [0.2, 0.25) is 0 Å². The second-order valence-corrected chi connectivity index (χ2v) is 6.48. The molecule has 5 heteroatoms. The number of amides is 1. The van der Waals surface area contributed by atoms with Crippen LogP contribution in [0.3, 0.4) is 0 Å². The number of H-pyrrole nitrogens is 1. The number of aromatic nitrogens is 1. The molecule has 2 aromatic carbocycles. The molecule has 130 valence electrons. The van der Waals surface area contributed by atoms with E-state index < -0.39 is 6.10 Å². The van der Waals surface area contributed by atoms with Crippen molar-refractivity contribution in [3.63, 3.8) is 0 Å². The normalized spacial score (nSPS) is 12.1. The van der Waals surface area contributed by atoms with Crippen LogP contribution in [0.5, 0.6) is 5.75 Å². The zero-order valence-corrected chi connectivity index (χ0v) is 15.1. The molecule has 0 saturated carbocycles. The first kappa shape index (κ1) is 17.4. The van der Waals surface area contributed by atoms with Crippen molar-refractivity contribution < 1.29 is 9.53 Å². The number of fused-ring (bicyclic) bond motifs is 1. The number of aromatic amines is 1. The van der Waals surface area contributed by atoms with E-state index in [1.54, 1.807) is 19.1 Å². The zero-order chi connectivity index (χ0) is 17.8. The van der Waals surface area contributed by atoms with Gasteiger partial charge in [0.25, 0.3) is 5.91 Å². The first-order valence-electron chi connectivity index (χ1n) is 8.30. The Bertz CT molecular complexity index is 888. The summed E-state index contributed by atoms with van der Waals surface area (Å²) in [4.78, 5) is 15.5. The molecule has 0 fully saturated rings. The van der Waals surface area contributed by atoms with Gasteiger partial charge in [-0.2, -0.15) is 0 Å². The molecule has 0 aliphatic rings. The molecule has 0 aliphatic carbocycles. The van der Waals surface area contributed by atoms with Crippen molar-refractivity contribution in [3.8, 4) is 5.75 Å². The van der Waals surface area contributed by atoms with E-state index in [1.807, 2.05) is 37.4 Å². The van der Waals surface area contributed by atoms with Crippen LogP contribution in [-0.4, -0.2) is 23.5 Å². The molecular formula is C20H21ClN2O2. The Balaban J connectivity index is 1.52. The Labute approximate surface area is 152 Å². The molecule has 1 heterocycles. The second kappa shape index (κ2) is 7.62. The maximum atomic E-state index is 12.2. The van der Waals surface area contributed by atoms with Crippen LogP contribution >= 0.6 is 11.6 Å². The van der Waals surface area contributed by atoms with Crippen molar-refractivity contribution in [2.24, 2.45) is 0 Å². The SMILES string of the molecule is Cc1cc(OC(C)C(=O)NCCc2c[nH]c3ccccc23)ccc1Cl. The predicted octanol–water partition coefficient (Wildman–Crippen LogP) is 4.26. The number of hydrogen-bond acceptors (Lipinski definition) is 2. The summed E-state index contributed by atoms with van der Waals surface area (Å²) in [7, 11) is 0. The van der Waals surface area contributed by atoms with E-state index in [-0.39, 0.29) is 5.91 Å². The van der Waals surface area contributed by atoms with Gasteiger partial charge in [0.1, 0.15) is 5.75 Å². The molecule has 1 aromatic heterocycles. The molecule has 1 atom stereocenters. The van der Waals surface area contributed by atoms with Crippen molar-refractivity contribution in [2.75, 3.05) is 6.54 Å². The van der Waals surface area contributed by atoms with Crippen LogP contribution in [0.4, 0.5) is 0 Å². The van der Waals surface area contributed by atoms with Crippen LogP contribution in [0.15, 0.2) is 48.7 Å². The lowest BCUT2D eigenvalue weighted by Gasteiger charge is -2.15. The van der Waals surface area contributed by atoms with E-state index in [2.05, 4.69) is 16.4 Å². The van der Waals surface area contributed by atoms with Gasteiger partial charge in [0.05, 0.1) is 0 Å². The number of hydrogen-bond donors (Lipinski definition) is 2. The quantitative estimate of drug-likeness (QED) is 0.693. The third-order valence-corrected chi connectivity index (χ3v) is 4.60. The highest BCUT2D eigenvalue weighted by atomic mass is 35.5. The van der Waals surface area contributed by atoms with Crippen molar-refractivity contribution >= 4 is 28.4 Å². The third-order valence-electron chi connectivity index (χ3n) is 4.18. The van der Waals surface area contributed by atoms with Crippen LogP contribution in [0.1, 0.15) is 18.1 Å². The number of halogens is 1. The highest BCUT2D eigenvalue weighted by Crippen LogP contribution is 2.22. The van der Waals surface area contributed by atoms with Crippen molar-refractivity contribution in [3.05, 3.63) is 64.8 Å². The first-order chi connectivity index (χ1) is 12.0. The summed E-state index contributed by atoms with van der Waals surface area (Å²) in [5.74, 6) is 0.508. The van der Waals surface area contributed by atoms with Gasteiger partial charge in [-0.15, -0.1) is 0 Å². The average Bonchev–Trinajstić information content (AvgIpc) is 3.01. The maximum absolute atomic E-state index is 12.2. The minimum atomic E-state index is -0.566. The molecule has 4 nitrogen and oxygen atoms in total. The number of nitrogens with one attached hydrogen (secondary N) is 2. The molecule has 3 aromatic rings. The molecule has 1 unspecified atom stereocenters. The number of aryl methyl sites for hydroxylation is 1. The summed E-state index contributed by atoms with van der Waals surface area (Å²) in [5.41, 5.74) is 3.22. The van der Waals surface area contributed by atoms with Gasteiger partial charge in [0, 0.05) is 28.7 Å². The van der Waals surface area contributed by atoms with Gasteiger partial charge < -0.3 is 15.0 Å². The van der Waals surface area contributed by atoms with E-state index in [0.29, 0.717) is 17.3 Å². The number of rotatable bonds is 6. The Hall–Kier alpha value is -2.46. The number of benzene rings is 2. The first-order valence-corrected chi connectivity index (χ1v) is 8.68. The minimum Gasteiger partial charge on any atom is -0.481 e.